The summed E-state index contributed by atoms with van der Waals surface area (Å²) in [4.78, 5) is 4.15. The van der Waals surface area contributed by atoms with E-state index in [0.29, 0.717) is 6.42 Å². The second-order valence-corrected chi connectivity index (χ2v) is 4.97. The minimum absolute atomic E-state index is 0.0448. The van der Waals surface area contributed by atoms with Gasteiger partial charge in [0.25, 0.3) is 0 Å². The molecule has 0 aliphatic rings. The average Bonchev–Trinajstić information content (AvgIpc) is 2.44. The fourth-order valence-corrected chi connectivity index (χ4v) is 2.24. The van der Waals surface area contributed by atoms with Crippen molar-refractivity contribution in [1.29, 1.82) is 0 Å². The van der Waals surface area contributed by atoms with Gasteiger partial charge in [0, 0.05) is 17.9 Å². The maximum atomic E-state index is 12.5. The van der Waals surface area contributed by atoms with Gasteiger partial charge in [0.05, 0.1) is 5.56 Å². The standard InChI is InChI=1S/C16H17F3N2/c1-11-9-13(7-8-21-11)15(20-2)10-12-3-5-14(6-4-12)16(17,18)19/h3-9,15,20H,10H2,1-2H3. The highest BCUT2D eigenvalue weighted by Gasteiger charge is 2.29. The Morgan fingerprint density at radius 3 is 2.33 bits per heavy atom. The van der Waals surface area contributed by atoms with Crippen molar-refractivity contribution in [2.24, 2.45) is 0 Å². The fourth-order valence-electron chi connectivity index (χ4n) is 2.24. The molecule has 112 valence electrons. The highest BCUT2D eigenvalue weighted by molar-refractivity contribution is 5.28. The van der Waals surface area contributed by atoms with Crippen LogP contribution in [0.1, 0.15) is 28.4 Å². The molecule has 21 heavy (non-hydrogen) atoms. The van der Waals surface area contributed by atoms with E-state index in [1.165, 1.54) is 12.1 Å². The molecule has 1 heterocycles. The van der Waals surface area contributed by atoms with Gasteiger partial charge in [-0.15, -0.1) is 0 Å². The lowest BCUT2D eigenvalue weighted by atomic mass is 9.98. The molecule has 1 aromatic carbocycles. The molecule has 0 amide bonds. The van der Waals surface area contributed by atoms with E-state index in [-0.39, 0.29) is 6.04 Å². The van der Waals surface area contributed by atoms with Crippen molar-refractivity contribution in [3.05, 3.63) is 65.0 Å². The number of hydrogen-bond donors (Lipinski definition) is 1. The number of nitrogens with zero attached hydrogens (tertiary/aromatic N) is 1. The van der Waals surface area contributed by atoms with Crippen LogP contribution >= 0.6 is 0 Å². The van der Waals surface area contributed by atoms with Gasteiger partial charge in [0.15, 0.2) is 0 Å². The van der Waals surface area contributed by atoms with Gasteiger partial charge in [-0.25, -0.2) is 0 Å². The van der Waals surface area contributed by atoms with Crippen molar-refractivity contribution in [2.45, 2.75) is 25.6 Å². The highest BCUT2D eigenvalue weighted by atomic mass is 19.4. The number of rotatable bonds is 4. The Labute approximate surface area is 122 Å². The molecule has 0 aliphatic carbocycles. The van der Waals surface area contributed by atoms with Gasteiger partial charge in [-0.05, 0) is 55.8 Å². The summed E-state index contributed by atoms with van der Waals surface area (Å²) in [5, 5.41) is 3.19. The molecule has 0 saturated heterocycles. The van der Waals surface area contributed by atoms with E-state index in [2.05, 4.69) is 10.3 Å². The highest BCUT2D eigenvalue weighted by Crippen LogP contribution is 2.29. The fraction of sp³-hybridized carbons (Fsp3) is 0.312. The van der Waals surface area contributed by atoms with Crippen LogP contribution in [0.5, 0.6) is 0 Å². The van der Waals surface area contributed by atoms with Gasteiger partial charge in [0.1, 0.15) is 0 Å². The zero-order valence-electron chi connectivity index (χ0n) is 11.9. The van der Waals surface area contributed by atoms with E-state index in [9.17, 15) is 13.2 Å². The Morgan fingerprint density at radius 2 is 1.81 bits per heavy atom. The number of alkyl halides is 3. The van der Waals surface area contributed by atoms with E-state index >= 15 is 0 Å². The molecule has 0 fully saturated rings. The number of pyridine rings is 1. The topological polar surface area (TPSA) is 24.9 Å². The van der Waals surface area contributed by atoms with Crippen molar-refractivity contribution < 1.29 is 13.2 Å². The van der Waals surface area contributed by atoms with Crippen molar-refractivity contribution in [3.63, 3.8) is 0 Å². The molecule has 2 rings (SSSR count). The normalized spacial score (nSPS) is 13.2. The van der Waals surface area contributed by atoms with E-state index in [1.807, 2.05) is 26.1 Å². The summed E-state index contributed by atoms with van der Waals surface area (Å²) in [5.74, 6) is 0. The number of likely N-dealkylation sites (N-methyl/N-ethyl adjacent to an activating group) is 1. The Balaban J connectivity index is 2.15. The van der Waals surface area contributed by atoms with Crippen molar-refractivity contribution in [1.82, 2.24) is 10.3 Å². The third-order valence-electron chi connectivity index (χ3n) is 3.39. The lowest BCUT2D eigenvalue weighted by Crippen LogP contribution is -2.19. The first-order valence-electron chi connectivity index (χ1n) is 6.66. The third kappa shape index (κ3) is 4.04. The van der Waals surface area contributed by atoms with E-state index in [0.717, 1.165) is 29.0 Å². The summed E-state index contributed by atoms with van der Waals surface area (Å²) in [6.07, 6.45) is -1.93. The Morgan fingerprint density at radius 1 is 1.14 bits per heavy atom. The minimum Gasteiger partial charge on any atom is -0.313 e. The summed E-state index contributed by atoms with van der Waals surface area (Å²) in [6.45, 7) is 1.91. The van der Waals surface area contributed by atoms with Crippen LogP contribution in [0.15, 0.2) is 42.6 Å². The zero-order valence-corrected chi connectivity index (χ0v) is 11.9. The summed E-state index contributed by atoms with van der Waals surface area (Å²) < 4.78 is 37.6. The smallest absolute Gasteiger partial charge is 0.313 e. The summed E-state index contributed by atoms with van der Waals surface area (Å²) in [7, 11) is 1.84. The molecule has 0 bridgehead atoms. The molecule has 0 spiro atoms. The van der Waals surface area contributed by atoms with Gasteiger partial charge in [-0.2, -0.15) is 13.2 Å². The SMILES string of the molecule is CNC(Cc1ccc(C(F)(F)F)cc1)c1ccnc(C)c1. The number of benzene rings is 1. The molecule has 1 N–H and O–H groups in total. The predicted molar refractivity (Wildman–Crippen MR) is 75.9 cm³/mol. The van der Waals surface area contributed by atoms with Crippen molar-refractivity contribution >= 4 is 0 Å². The number of hydrogen-bond acceptors (Lipinski definition) is 2. The second kappa shape index (κ2) is 6.26. The second-order valence-electron chi connectivity index (χ2n) is 4.97. The van der Waals surface area contributed by atoms with Crippen LogP contribution in [0.3, 0.4) is 0 Å². The van der Waals surface area contributed by atoms with Gasteiger partial charge < -0.3 is 5.32 Å². The first-order valence-corrected chi connectivity index (χ1v) is 6.66. The molecule has 0 aliphatic heterocycles. The van der Waals surface area contributed by atoms with Crippen LogP contribution in [0.2, 0.25) is 0 Å². The van der Waals surface area contributed by atoms with Gasteiger partial charge >= 0.3 is 6.18 Å². The Kier molecular flexibility index (Phi) is 4.63. The van der Waals surface area contributed by atoms with Gasteiger partial charge in [0.2, 0.25) is 0 Å². The molecule has 2 aromatic rings. The maximum Gasteiger partial charge on any atom is 0.416 e. The molecule has 1 atom stereocenters. The lowest BCUT2D eigenvalue weighted by molar-refractivity contribution is -0.137. The van der Waals surface area contributed by atoms with Crippen LogP contribution in [0.25, 0.3) is 0 Å². The van der Waals surface area contributed by atoms with Gasteiger partial charge in [-0.1, -0.05) is 12.1 Å². The minimum atomic E-state index is -4.29. The maximum absolute atomic E-state index is 12.5. The summed E-state index contributed by atoms with van der Waals surface area (Å²) >= 11 is 0. The van der Waals surface area contributed by atoms with Gasteiger partial charge in [-0.3, -0.25) is 4.98 Å². The number of aryl methyl sites for hydroxylation is 1. The number of aromatic nitrogens is 1. The number of nitrogens with one attached hydrogen (secondary N) is 1. The lowest BCUT2D eigenvalue weighted by Gasteiger charge is -2.17. The quantitative estimate of drug-likeness (QED) is 0.924. The van der Waals surface area contributed by atoms with Crippen LogP contribution in [-0.2, 0) is 12.6 Å². The first kappa shape index (κ1) is 15.5. The molecular formula is C16H17F3N2. The van der Waals surface area contributed by atoms with Crippen LogP contribution in [0.4, 0.5) is 13.2 Å². The molecule has 1 unspecified atom stereocenters. The Hall–Kier alpha value is -1.88. The van der Waals surface area contributed by atoms with Crippen molar-refractivity contribution in [2.75, 3.05) is 7.05 Å². The monoisotopic (exact) mass is 294 g/mol. The molecule has 2 nitrogen and oxygen atoms in total. The molecule has 1 aromatic heterocycles. The van der Waals surface area contributed by atoms with E-state index < -0.39 is 11.7 Å². The summed E-state index contributed by atoms with van der Waals surface area (Å²) in [6, 6.07) is 9.24. The number of halogens is 3. The van der Waals surface area contributed by atoms with Crippen LogP contribution < -0.4 is 5.32 Å². The summed E-state index contributed by atoms with van der Waals surface area (Å²) in [5.41, 5.74) is 2.23. The molecule has 5 heteroatoms. The van der Waals surface area contributed by atoms with E-state index in [1.54, 1.807) is 6.20 Å². The average molecular weight is 294 g/mol. The first-order chi connectivity index (χ1) is 9.90. The Bertz CT molecular complexity index is 591. The van der Waals surface area contributed by atoms with Crippen LogP contribution in [-0.4, -0.2) is 12.0 Å². The van der Waals surface area contributed by atoms with Crippen LogP contribution in [0, 0.1) is 6.92 Å². The largest absolute Gasteiger partial charge is 0.416 e. The predicted octanol–water partition coefficient (Wildman–Crippen LogP) is 3.91. The zero-order chi connectivity index (χ0) is 15.5. The van der Waals surface area contributed by atoms with Crippen molar-refractivity contribution in [3.8, 4) is 0 Å². The molecule has 0 saturated carbocycles. The molecular weight excluding hydrogens is 277 g/mol. The molecule has 0 radical (unpaired) electrons. The third-order valence-corrected chi connectivity index (χ3v) is 3.39. The van der Waals surface area contributed by atoms with E-state index in [4.69, 9.17) is 0 Å².